The fourth-order valence-corrected chi connectivity index (χ4v) is 3.29. The molecule has 0 spiro atoms. The summed E-state index contributed by atoms with van der Waals surface area (Å²) in [5, 5.41) is 9.52. The van der Waals surface area contributed by atoms with Gasteiger partial charge >= 0.3 is 6.21 Å². The summed E-state index contributed by atoms with van der Waals surface area (Å²) in [6, 6.07) is 15.2. The number of ketones is 1. The Morgan fingerprint density at radius 3 is 2.00 bits per heavy atom. The lowest BCUT2D eigenvalue weighted by Crippen LogP contribution is -2.13. The number of rotatable bonds is 9. The predicted octanol–water partition coefficient (Wildman–Crippen LogP) is 4.33. The number of benzene rings is 2. The van der Waals surface area contributed by atoms with Gasteiger partial charge in [0.05, 0.1) is 0 Å². The maximum absolute atomic E-state index is 11.3. The summed E-state index contributed by atoms with van der Waals surface area (Å²) in [6.45, 7) is 4.18. The standard InChI is InChI=1S/C21H24N2O3/c1-3-20(15-5-9-17(24)10-6-15)21(4-2)16-7-11-19(12-8-16)26-14-18(25)13-23-22/h5-13,20-21,24H,3-4,14H2,1-2H3/t20-,21+/m1/s1. The average molecular weight is 352 g/mol. The van der Waals surface area contributed by atoms with E-state index in [0.717, 1.165) is 19.1 Å². The number of aromatic hydroxyl groups is 1. The smallest absolute Gasteiger partial charge is 0.326 e. The van der Waals surface area contributed by atoms with Crippen LogP contribution in [0.2, 0.25) is 0 Å². The third-order valence-corrected chi connectivity index (χ3v) is 4.58. The molecule has 2 atom stereocenters. The second-order valence-electron chi connectivity index (χ2n) is 6.19. The predicted molar refractivity (Wildman–Crippen MR) is 101 cm³/mol. The summed E-state index contributed by atoms with van der Waals surface area (Å²) in [5.74, 6) is 1.18. The first kappa shape index (κ1) is 19.4. The summed E-state index contributed by atoms with van der Waals surface area (Å²) >= 11 is 0. The van der Waals surface area contributed by atoms with Gasteiger partial charge in [0, 0.05) is 0 Å². The van der Waals surface area contributed by atoms with Gasteiger partial charge in [0.2, 0.25) is 0 Å². The lowest BCUT2D eigenvalue weighted by atomic mass is 9.78. The highest BCUT2D eigenvalue weighted by Crippen LogP contribution is 2.38. The molecule has 5 heteroatoms. The molecule has 0 radical (unpaired) electrons. The van der Waals surface area contributed by atoms with E-state index < -0.39 is 5.78 Å². The van der Waals surface area contributed by atoms with E-state index in [9.17, 15) is 9.90 Å². The highest BCUT2D eigenvalue weighted by Gasteiger charge is 2.22. The number of ether oxygens (including phenoxy) is 1. The van der Waals surface area contributed by atoms with Crippen molar-refractivity contribution in [1.82, 2.24) is 0 Å². The highest BCUT2D eigenvalue weighted by atomic mass is 16.5. The number of phenolic OH excluding ortho intramolecular Hbond substituents is 1. The average Bonchev–Trinajstić information content (AvgIpc) is 2.66. The number of Topliss-reactive ketones (excluding diaryl/α,β-unsaturated/α-hetero) is 1. The molecule has 5 nitrogen and oxygen atoms in total. The van der Waals surface area contributed by atoms with Crippen molar-refractivity contribution in [2.24, 2.45) is 0 Å². The minimum absolute atomic E-state index is 0.161. The summed E-state index contributed by atoms with van der Waals surface area (Å²) in [4.78, 5) is 14.0. The number of nitrogens with zero attached hydrogens (tertiary/aromatic N) is 2. The third-order valence-electron chi connectivity index (χ3n) is 4.58. The molecule has 0 fully saturated rings. The number of hydrogen-bond acceptors (Lipinski definition) is 3. The van der Waals surface area contributed by atoms with Crippen molar-refractivity contribution in [3.05, 3.63) is 65.2 Å². The molecule has 0 aromatic heterocycles. The molecule has 0 unspecified atom stereocenters. The second-order valence-corrected chi connectivity index (χ2v) is 6.19. The number of carbonyl (C=O) groups is 1. The Bertz CT molecular complexity index is 763. The van der Waals surface area contributed by atoms with Crippen molar-refractivity contribution >= 4 is 12.0 Å². The van der Waals surface area contributed by atoms with Crippen LogP contribution in [0.1, 0.15) is 49.7 Å². The molecule has 2 aromatic carbocycles. The van der Waals surface area contributed by atoms with E-state index in [0.29, 0.717) is 17.6 Å². The Labute approximate surface area is 153 Å². The van der Waals surface area contributed by atoms with Crippen molar-refractivity contribution in [2.75, 3.05) is 6.61 Å². The minimum Gasteiger partial charge on any atom is -0.508 e. The summed E-state index contributed by atoms with van der Waals surface area (Å²) in [5.41, 5.74) is 10.7. The Morgan fingerprint density at radius 1 is 1.04 bits per heavy atom. The van der Waals surface area contributed by atoms with Crippen LogP contribution < -0.4 is 4.74 Å². The van der Waals surface area contributed by atoms with Crippen LogP contribution in [0.15, 0.2) is 48.5 Å². The molecule has 0 bridgehead atoms. The van der Waals surface area contributed by atoms with E-state index >= 15 is 0 Å². The molecule has 2 rings (SSSR count). The fraction of sp³-hybridized carbons (Fsp3) is 0.333. The van der Waals surface area contributed by atoms with Gasteiger partial charge in [-0.25, -0.2) is 0 Å². The lowest BCUT2D eigenvalue weighted by molar-refractivity contribution is -0.117. The lowest BCUT2D eigenvalue weighted by Gasteiger charge is -2.26. The van der Waals surface area contributed by atoms with E-state index in [1.807, 2.05) is 36.4 Å². The van der Waals surface area contributed by atoms with Crippen molar-refractivity contribution in [2.45, 2.75) is 38.5 Å². The van der Waals surface area contributed by atoms with E-state index in [2.05, 4.69) is 18.6 Å². The molecule has 0 saturated carbocycles. The van der Waals surface area contributed by atoms with Gasteiger partial charge in [0.1, 0.15) is 11.5 Å². The zero-order valence-electron chi connectivity index (χ0n) is 15.1. The largest absolute Gasteiger partial charge is 0.508 e. The zero-order chi connectivity index (χ0) is 18.9. The number of carbonyl (C=O) groups excluding carboxylic acids is 1. The molecule has 26 heavy (non-hydrogen) atoms. The van der Waals surface area contributed by atoms with Gasteiger partial charge in [-0.15, -0.1) is 0 Å². The number of hydrogen-bond donors (Lipinski definition) is 1. The second kappa shape index (κ2) is 9.54. The maximum Gasteiger partial charge on any atom is 0.326 e. The molecule has 1 N–H and O–H groups in total. The van der Waals surface area contributed by atoms with Crippen molar-refractivity contribution in [1.29, 1.82) is 0 Å². The van der Waals surface area contributed by atoms with Crippen LogP contribution in [0.3, 0.4) is 0 Å². The van der Waals surface area contributed by atoms with E-state index in [4.69, 9.17) is 10.3 Å². The molecule has 0 aliphatic rings. The molecule has 2 aromatic rings. The maximum atomic E-state index is 11.3. The van der Waals surface area contributed by atoms with Gasteiger partial charge in [0.25, 0.3) is 5.78 Å². The first-order valence-corrected chi connectivity index (χ1v) is 8.81. The van der Waals surface area contributed by atoms with Crippen molar-refractivity contribution in [3.63, 3.8) is 0 Å². The van der Waals surface area contributed by atoms with Crippen LogP contribution in [0.25, 0.3) is 5.53 Å². The number of phenols is 1. The van der Waals surface area contributed by atoms with Gasteiger partial charge in [-0.3, -0.25) is 4.79 Å². The molecule has 0 heterocycles. The zero-order valence-corrected chi connectivity index (χ0v) is 15.1. The molecule has 0 aliphatic heterocycles. The first-order valence-electron chi connectivity index (χ1n) is 8.81. The first-order chi connectivity index (χ1) is 12.6. The van der Waals surface area contributed by atoms with Crippen LogP contribution in [-0.2, 0) is 4.79 Å². The Balaban J connectivity index is 2.14. The van der Waals surface area contributed by atoms with Crippen LogP contribution in [0, 0.1) is 0 Å². The molecular weight excluding hydrogens is 328 g/mol. The highest BCUT2D eigenvalue weighted by molar-refractivity contribution is 6.25. The van der Waals surface area contributed by atoms with E-state index in [-0.39, 0.29) is 12.4 Å². The molecule has 0 aliphatic carbocycles. The Kier molecular flexibility index (Phi) is 7.12. The van der Waals surface area contributed by atoms with E-state index in [1.54, 1.807) is 12.1 Å². The summed E-state index contributed by atoms with van der Waals surface area (Å²) < 4.78 is 5.39. The van der Waals surface area contributed by atoms with Crippen LogP contribution in [0.4, 0.5) is 0 Å². The Hall–Kier alpha value is -2.91. The third kappa shape index (κ3) is 5.04. The van der Waals surface area contributed by atoms with Gasteiger partial charge in [-0.05, 0) is 60.1 Å². The summed E-state index contributed by atoms with van der Waals surface area (Å²) in [7, 11) is 0. The van der Waals surface area contributed by atoms with Gasteiger partial charge in [-0.2, -0.15) is 4.79 Å². The van der Waals surface area contributed by atoms with Crippen molar-refractivity contribution in [3.8, 4) is 11.5 Å². The molecular formula is C21H24N2O3. The Morgan fingerprint density at radius 2 is 1.54 bits per heavy atom. The monoisotopic (exact) mass is 352 g/mol. The van der Waals surface area contributed by atoms with Gasteiger partial charge in [-0.1, -0.05) is 38.1 Å². The van der Waals surface area contributed by atoms with E-state index in [1.165, 1.54) is 11.1 Å². The SMILES string of the molecule is CC[C@H](c1ccc(O)cc1)[C@@H](CC)c1ccc(OCC(=O)C=[N+]=[N-])cc1. The summed E-state index contributed by atoms with van der Waals surface area (Å²) in [6.07, 6.45) is 2.81. The molecule has 136 valence electrons. The van der Waals surface area contributed by atoms with Crippen LogP contribution in [0.5, 0.6) is 11.5 Å². The molecule has 0 saturated heterocycles. The van der Waals surface area contributed by atoms with Crippen LogP contribution in [-0.4, -0.2) is 28.5 Å². The topological polar surface area (TPSA) is 82.9 Å². The normalized spacial score (nSPS) is 12.7. The molecule has 0 amide bonds. The van der Waals surface area contributed by atoms with Crippen LogP contribution >= 0.6 is 0 Å². The van der Waals surface area contributed by atoms with Gasteiger partial charge in [0.15, 0.2) is 6.61 Å². The van der Waals surface area contributed by atoms with Crippen molar-refractivity contribution < 1.29 is 19.4 Å². The fourth-order valence-electron chi connectivity index (χ4n) is 3.29. The quantitative estimate of drug-likeness (QED) is 0.414. The van der Waals surface area contributed by atoms with Gasteiger partial charge < -0.3 is 15.4 Å². The minimum atomic E-state index is -0.401.